The molecule has 1 N–H and O–H groups in total. The van der Waals surface area contributed by atoms with Gasteiger partial charge in [-0.1, -0.05) is 13.0 Å². The van der Waals surface area contributed by atoms with Crippen molar-refractivity contribution in [3.05, 3.63) is 29.6 Å². The van der Waals surface area contributed by atoms with Crippen LogP contribution in [0.4, 0.5) is 0 Å². The molecule has 3 atom stereocenters. The third-order valence-electron chi connectivity index (χ3n) is 4.24. The third kappa shape index (κ3) is 3.58. The highest BCUT2D eigenvalue weighted by molar-refractivity contribution is 5.27. The van der Waals surface area contributed by atoms with Gasteiger partial charge in [0, 0.05) is 30.5 Å². The Labute approximate surface area is 123 Å². The van der Waals surface area contributed by atoms with Crippen molar-refractivity contribution < 1.29 is 4.74 Å². The number of hydrogen-bond donors (Lipinski definition) is 1. The van der Waals surface area contributed by atoms with Crippen molar-refractivity contribution in [2.24, 2.45) is 0 Å². The summed E-state index contributed by atoms with van der Waals surface area (Å²) < 4.78 is 5.88. The normalized spacial score (nSPS) is 21.2. The lowest BCUT2D eigenvalue weighted by atomic mass is 9.80. The number of ether oxygens (including phenoxy) is 1. The van der Waals surface area contributed by atoms with E-state index in [-0.39, 0.29) is 6.10 Å². The molecule has 3 heteroatoms. The number of nitrogens with zero attached hydrogens (tertiary/aromatic N) is 1. The number of pyridine rings is 1. The highest BCUT2D eigenvalue weighted by Crippen LogP contribution is 2.34. The van der Waals surface area contributed by atoms with Crippen LogP contribution in [0.15, 0.2) is 18.3 Å². The van der Waals surface area contributed by atoms with Gasteiger partial charge in [0.25, 0.3) is 0 Å². The van der Waals surface area contributed by atoms with Crippen LogP contribution in [0.3, 0.4) is 0 Å². The summed E-state index contributed by atoms with van der Waals surface area (Å²) in [6.07, 6.45) is 6.94. The minimum atomic E-state index is 0.226. The van der Waals surface area contributed by atoms with Crippen molar-refractivity contribution in [3.8, 4) is 0 Å². The average molecular weight is 276 g/mol. The van der Waals surface area contributed by atoms with Gasteiger partial charge < -0.3 is 10.1 Å². The van der Waals surface area contributed by atoms with E-state index in [1.165, 1.54) is 30.5 Å². The maximum absolute atomic E-state index is 5.88. The van der Waals surface area contributed by atoms with Gasteiger partial charge in [-0.2, -0.15) is 0 Å². The second-order valence-corrected chi connectivity index (χ2v) is 5.69. The van der Waals surface area contributed by atoms with Crippen molar-refractivity contribution >= 4 is 0 Å². The largest absolute Gasteiger partial charge is 0.377 e. The van der Waals surface area contributed by atoms with Crippen molar-refractivity contribution in [2.75, 3.05) is 13.2 Å². The number of aryl methyl sites for hydroxylation is 1. The molecule has 1 aromatic heterocycles. The van der Waals surface area contributed by atoms with Gasteiger partial charge in [0.2, 0.25) is 0 Å². The molecule has 2 rings (SSSR count). The van der Waals surface area contributed by atoms with Crippen LogP contribution in [-0.2, 0) is 11.2 Å². The van der Waals surface area contributed by atoms with Crippen molar-refractivity contribution in [1.29, 1.82) is 0 Å². The maximum Gasteiger partial charge on any atom is 0.0706 e. The molecule has 0 saturated carbocycles. The Morgan fingerprint density at radius 3 is 3.05 bits per heavy atom. The monoisotopic (exact) mass is 276 g/mol. The lowest BCUT2D eigenvalue weighted by molar-refractivity contribution is 0.0374. The summed E-state index contributed by atoms with van der Waals surface area (Å²) in [4.78, 5) is 4.68. The molecule has 0 bridgehead atoms. The van der Waals surface area contributed by atoms with Gasteiger partial charge in [0.15, 0.2) is 0 Å². The molecule has 3 nitrogen and oxygen atoms in total. The fourth-order valence-electron chi connectivity index (χ4n) is 3.31. The Hall–Kier alpha value is -0.930. The van der Waals surface area contributed by atoms with Crippen LogP contribution in [0.2, 0.25) is 0 Å². The Kier molecular flexibility index (Phi) is 5.99. The molecule has 0 aliphatic heterocycles. The van der Waals surface area contributed by atoms with Crippen molar-refractivity contribution in [2.45, 2.75) is 64.5 Å². The fraction of sp³-hybridized carbons (Fsp3) is 0.706. The standard InChI is InChI=1S/C17H28N2O/c1-4-11-18-16(13(3)20-5-2)15-10-6-8-14-9-7-12-19-17(14)15/h7,9,12-13,15-16,18H,4-6,8,10-11H2,1-3H3. The molecule has 0 radical (unpaired) electrons. The van der Waals surface area contributed by atoms with E-state index in [1.807, 2.05) is 6.20 Å². The third-order valence-corrected chi connectivity index (χ3v) is 4.24. The van der Waals surface area contributed by atoms with Crippen LogP contribution in [-0.4, -0.2) is 30.3 Å². The van der Waals surface area contributed by atoms with Crippen molar-refractivity contribution in [3.63, 3.8) is 0 Å². The molecule has 112 valence electrons. The van der Waals surface area contributed by atoms with Crippen molar-refractivity contribution in [1.82, 2.24) is 10.3 Å². The van der Waals surface area contributed by atoms with E-state index in [9.17, 15) is 0 Å². The van der Waals surface area contributed by atoms with Gasteiger partial charge in [-0.05, 0) is 57.7 Å². The van der Waals surface area contributed by atoms with Gasteiger partial charge in [-0.3, -0.25) is 4.98 Å². The summed E-state index contributed by atoms with van der Waals surface area (Å²) >= 11 is 0. The van der Waals surface area contributed by atoms with Crippen LogP contribution < -0.4 is 5.32 Å². The molecule has 1 aromatic rings. The summed E-state index contributed by atoms with van der Waals surface area (Å²) in [5.74, 6) is 0.480. The van der Waals surface area contributed by atoms with Gasteiger partial charge in [0.1, 0.15) is 0 Å². The predicted molar refractivity (Wildman–Crippen MR) is 83.1 cm³/mol. The molecule has 1 aliphatic carbocycles. The Morgan fingerprint density at radius 1 is 1.45 bits per heavy atom. The highest BCUT2D eigenvalue weighted by Gasteiger charge is 2.32. The average Bonchev–Trinajstić information content (AvgIpc) is 2.48. The second kappa shape index (κ2) is 7.75. The van der Waals surface area contributed by atoms with Gasteiger partial charge in [0.05, 0.1) is 6.10 Å². The van der Waals surface area contributed by atoms with E-state index in [1.54, 1.807) is 0 Å². The van der Waals surface area contributed by atoms with Gasteiger partial charge in [-0.15, -0.1) is 0 Å². The molecular weight excluding hydrogens is 248 g/mol. The van der Waals surface area contributed by atoms with E-state index in [2.05, 4.69) is 43.2 Å². The summed E-state index contributed by atoms with van der Waals surface area (Å²) in [6, 6.07) is 4.65. The van der Waals surface area contributed by atoms with Crippen LogP contribution >= 0.6 is 0 Å². The van der Waals surface area contributed by atoms with Crippen LogP contribution in [0.1, 0.15) is 57.2 Å². The van der Waals surface area contributed by atoms with Crippen LogP contribution in [0, 0.1) is 0 Å². The number of fused-ring (bicyclic) bond motifs is 1. The Morgan fingerprint density at radius 2 is 2.30 bits per heavy atom. The SMILES string of the molecule is CCCNC(C(C)OCC)C1CCCc2cccnc21. The summed E-state index contributed by atoms with van der Waals surface area (Å²) in [7, 11) is 0. The first kappa shape index (κ1) is 15.5. The first-order valence-electron chi connectivity index (χ1n) is 8.06. The molecule has 3 unspecified atom stereocenters. The number of aromatic nitrogens is 1. The lowest BCUT2D eigenvalue weighted by Crippen LogP contribution is -2.46. The molecule has 0 spiro atoms. The molecule has 0 amide bonds. The zero-order chi connectivity index (χ0) is 14.4. The minimum Gasteiger partial charge on any atom is -0.377 e. The fourth-order valence-corrected chi connectivity index (χ4v) is 3.31. The van der Waals surface area contributed by atoms with E-state index in [0.29, 0.717) is 12.0 Å². The molecule has 0 fully saturated rings. The zero-order valence-electron chi connectivity index (χ0n) is 13.1. The molecule has 1 heterocycles. The van der Waals surface area contributed by atoms with E-state index < -0.39 is 0 Å². The van der Waals surface area contributed by atoms with Gasteiger partial charge in [-0.25, -0.2) is 0 Å². The zero-order valence-corrected chi connectivity index (χ0v) is 13.1. The Balaban J connectivity index is 2.20. The predicted octanol–water partition coefficient (Wildman–Crippen LogP) is 3.29. The molecule has 20 heavy (non-hydrogen) atoms. The minimum absolute atomic E-state index is 0.226. The summed E-state index contributed by atoms with van der Waals surface area (Å²) in [5, 5.41) is 3.70. The van der Waals surface area contributed by atoms with Crippen LogP contribution in [0.5, 0.6) is 0 Å². The molecule has 0 saturated heterocycles. The topological polar surface area (TPSA) is 34.1 Å². The second-order valence-electron chi connectivity index (χ2n) is 5.69. The van der Waals surface area contributed by atoms with Crippen LogP contribution in [0.25, 0.3) is 0 Å². The quantitative estimate of drug-likeness (QED) is 0.829. The van der Waals surface area contributed by atoms with E-state index in [4.69, 9.17) is 4.74 Å². The van der Waals surface area contributed by atoms with E-state index >= 15 is 0 Å². The molecule has 1 aliphatic rings. The highest BCUT2D eigenvalue weighted by atomic mass is 16.5. The summed E-state index contributed by atoms with van der Waals surface area (Å²) in [5.41, 5.74) is 2.72. The van der Waals surface area contributed by atoms with Gasteiger partial charge >= 0.3 is 0 Å². The van der Waals surface area contributed by atoms with E-state index in [0.717, 1.165) is 19.6 Å². The smallest absolute Gasteiger partial charge is 0.0706 e. The molecular formula is C17H28N2O. The molecule has 0 aromatic carbocycles. The maximum atomic E-state index is 5.88. The summed E-state index contributed by atoms with van der Waals surface area (Å²) in [6.45, 7) is 8.28. The first-order chi connectivity index (χ1) is 9.77. The lowest BCUT2D eigenvalue weighted by Gasteiger charge is -2.35. The first-order valence-corrected chi connectivity index (χ1v) is 8.06. The number of nitrogens with one attached hydrogen (secondary N) is 1. The number of rotatable bonds is 7. The number of hydrogen-bond acceptors (Lipinski definition) is 3. The Bertz CT molecular complexity index is 408.